The van der Waals surface area contributed by atoms with Gasteiger partial charge in [0, 0.05) is 6.07 Å². The van der Waals surface area contributed by atoms with Crippen LogP contribution in [0.2, 0.25) is 0 Å². The number of aromatic nitrogens is 1. The van der Waals surface area contributed by atoms with Crippen LogP contribution in [0.4, 0.5) is 0 Å². The van der Waals surface area contributed by atoms with Crippen molar-refractivity contribution in [1.82, 2.24) is 10.5 Å². The molecule has 0 aliphatic heterocycles. The summed E-state index contributed by atoms with van der Waals surface area (Å²) in [6, 6.07) is 0.573. The van der Waals surface area contributed by atoms with Crippen molar-refractivity contribution in [1.29, 1.82) is 0 Å². The predicted molar refractivity (Wildman–Crippen MR) is 52.0 cm³/mol. The molecule has 0 aliphatic rings. The van der Waals surface area contributed by atoms with Crippen molar-refractivity contribution in [2.45, 2.75) is 19.9 Å². The second-order valence-corrected chi connectivity index (χ2v) is 3.19. The van der Waals surface area contributed by atoms with Gasteiger partial charge in [-0.15, -0.1) is 0 Å². The van der Waals surface area contributed by atoms with Gasteiger partial charge in [-0.3, -0.25) is 9.59 Å². The number of ether oxygens (including phenoxy) is 1. The van der Waals surface area contributed by atoms with Crippen LogP contribution in [0.3, 0.4) is 0 Å². The number of carbonyl (C=O) groups is 2. The number of aliphatic carboxylic acids is 1. The van der Waals surface area contributed by atoms with Crippen LogP contribution in [-0.4, -0.2) is 34.8 Å². The molecule has 1 heterocycles. The summed E-state index contributed by atoms with van der Waals surface area (Å²) in [5.74, 6) is -0.883. The highest BCUT2D eigenvalue weighted by atomic mass is 16.5. The van der Waals surface area contributed by atoms with Gasteiger partial charge in [-0.25, -0.2) is 0 Å². The SMILES string of the molecule is Cc1cc(OCC(=O)N[C@@H](C)C(=O)O)no1. The fourth-order valence-electron chi connectivity index (χ4n) is 0.896. The largest absolute Gasteiger partial charge is 0.480 e. The lowest BCUT2D eigenvalue weighted by atomic mass is 10.3. The van der Waals surface area contributed by atoms with E-state index in [1.807, 2.05) is 0 Å². The Labute approximate surface area is 91.4 Å². The van der Waals surface area contributed by atoms with Crippen LogP contribution in [0, 0.1) is 6.92 Å². The van der Waals surface area contributed by atoms with E-state index in [1.54, 1.807) is 6.92 Å². The first-order valence-corrected chi connectivity index (χ1v) is 4.57. The Hall–Kier alpha value is -2.05. The van der Waals surface area contributed by atoms with Crippen LogP contribution in [0.15, 0.2) is 10.6 Å². The summed E-state index contributed by atoms with van der Waals surface area (Å²) in [5.41, 5.74) is 0. The zero-order valence-corrected chi connectivity index (χ0v) is 8.89. The molecule has 0 aromatic carbocycles. The molecule has 0 radical (unpaired) electrons. The summed E-state index contributed by atoms with van der Waals surface area (Å²) in [6.45, 7) is 2.75. The number of hydrogen-bond acceptors (Lipinski definition) is 5. The molecule has 16 heavy (non-hydrogen) atoms. The van der Waals surface area contributed by atoms with E-state index in [1.165, 1.54) is 13.0 Å². The smallest absolute Gasteiger partial charge is 0.325 e. The van der Waals surface area contributed by atoms with Crippen molar-refractivity contribution in [2.75, 3.05) is 6.61 Å². The van der Waals surface area contributed by atoms with Crippen LogP contribution >= 0.6 is 0 Å². The number of carboxylic acids is 1. The van der Waals surface area contributed by atoms with Crippen LogP contribution in [-0.2, 0) is 9.59 Å². The summed E-state index contributed by atoms with van der Waals surface area (Å²) in [6.07, 6.45) is 0. The molecule has 0 saturated heterocycles. The van der Waals surface area contributed by atoms with Gasteiger partial charge >= 0.3 is 5.97 Å². The van der Waals surface area contributed by atoms with Gasteiger partial charge in [0.15, 0.2) is 6.61 Å². The monoisotopic (exact) mass is 228 g/mol. The first-order valence-electron chi connectivity index (χ1n) is 4.57. The topological polar surface area (TPSA) is 102 Å². The van der Waals surface area contributed by atoms with Crippen molar-refractivity contribution >= 4 is 11.9 Å². The summed E-state index contributed by atoms with van der Waals surface area (Å²) in [4.78, 5) is 21.6. The van der Waals surface area contributed by atoms with Gasteiger partial charge in [0.1, 0.15) is 11.8 Å². The Balaban J connectivity index is 2.33. The maximum Gasteiger partial charge on any atom is 0.325 e. The first kappa shape index (κ1) is 12.0. The van der Waals surface area contributed by atoms with Crippen LogP contribution in [0.5, 0.6) is 5.88 Å². The van der Waals surface area contributed by atoms with E-state index in [4.69, 9.17) is 14.4 Å². The second kappa shape index (κ2) is 5.15. The fraction of sp³-hybridized carbons (Fsp3) is 0.444. The van der Waals surface area contributed by atoms with Crippen LogP contribution in [0.25, 0.3) is 0 Å². The highest BCUT2D eigenvalue weighted by Crippen LogP contribution is 2.09. The Morgan fingerprint density at radius 1 is 1.69 bits per heavy atom. The summed E-state index contributed by atoms with van der Waals surface area (Å²) in [7, 11) is 0. The van der Waals surface area contributed by atoms with E-state index < -0.39 is 17.9 Å². The molecule has 0 fully saturated rings. The molecule has 0 unspecified atom stereocenters. The zero-order chi connectivity index (χ0) is 12.1. The van der Waals surface area contributed by atoms with Gasteiger partial charge < -0.3 is 19.7 Å². The van der Waals surface area contributed by atoms with Crippen molar-refractivity contribution in [2.24, 2.45) is 0 Å². The summed E-state index contributed by atoms with van der Waals surface area (Å²) >= 11 is 0. The number of carbonyl (C=O) groups excluding carboxylic acids is 1. The van der Waals surface area contributed by atoms with Gasteiger partial charge in [-0.2, -0.15) is 0 Å². The minimum atomic E-state index is -1.11. The maximum absolute atomic E-state index is 11.2. The number of nitrogens with one attached hydrogen (secondary N) is 1. The van der Waals surface area contributed by atoms with E-state index in [0.717, 1.165) is 0 Å². The average Bonchev–Trinajstić information content (AvgIpc) is 2.61. The minimum absolute atomic E-state index is 0.190. The molecule has 0 bridgehead atoms. The molecule has 7 heteroatoms. The number of carboxylic acid groups (broad SMARTS) is 1. The highest BCUT2D eigenvalue weighted by molar-refractivity contribution is 5.84. The van der Waals surface area contributed by atoms with Gasteiger partial charge in [-0.1, -0.05) is 0 Å². The molecule has 1 rings (SSSR count). The van der Waals surface area contributed by atoms with Crippen molar-refractivity contribution in [3.8, 4) is 5.88 Å². The van der Waals surface area contributed by atoms with Gasteiger partial charge in [0.2, 0.25) is 0 Å². The Bertz CT molecular complexity index is 387. The van der Waals surface area contributed by atoms with Gasteiger partial charge in [0.05, 0.1) is 0 Å². The highest BCUT2D eigenvalue weighted by Gasteiger charge is 2.14. The van der Waals surface area contributed by atoms with E-state index in [9.17, 15) is 9.59 Å². The molecular weight excluding hydrogens is 216 g/mol. The third-order valence-corrected chi connectivity index (χ3v) is 1.71. The first-order chi connectivity index (χ1) is 7.49. The summed E-state index contributed by atoms with van der Waals surface area (Å²) in [5, 5.41) is 14.3. The molecule has 1 amide bonds. The number of rotatable bonds is 5. The molecule has 0 spiro atoms. The van der Waals surface area contributed by atoms with E-state index in [2.05, 4.69) is 10.5 Å². The molecule has 1 atom stereocenters. The molecule has 1 aromatic heterocycles. The Morgan fingerprint density at radius 3 is 2.88 bits per heavy atom. The molecule has 88 valence electrons. The lowest BCUT2D eigenvalue weighted by Gasteiger charge is -2.08. The summed E-state index contributed by atoms with van der Waals surface area (Å²) < 4.78 is 9.67. The number of hydrogen-bond donors (Lipinski definition) is 2. The minimum Gasteiger partial charge on any atom is -0.480 e. The van der Waals surface area contributed by atoms with Gasteiger partial charge in [0.25, 0.3) is 11.8 Å². The van der Waals surface area contributed by atoms with Crippen LogP contribution in [0.1, 0.15) is 12.7 Å². The van der Waals surface area contributed by atoms with Crippen molar-refractivity contribution < 1.29 is 24.0 Å². The second-order valence-electron chi connectivity index (χ2n) is 3.19. The molecule has 1 aromatic rings. The molecule has 2 N–H and O–H groups in total. The lowest BCUT2D eigenvalue weighted by molar-refractivity contribution is -0.141. The Morgan fingerprint density at radius 2 is 2.38 bits per heavy atom. The number of aryl methyl sites for hydroxylation is 1. The lowest BCUT2D eigenvalue weighted by Crippen LogP contribution is -2.40. The van der Waals surface area contributed by atoms with Gasteiger partial charge in [-0.05, 0) is 19.0 Å². The predicted octanol–water partition coefficient (Wildman–Crippen LogP) is -0.0489. The standard InChI is InChI=1S/C9H12N2O5/c1-5-3-8(11-16-5)15-4-7(12)10-6(2)9(13)14/h3,6H,4H2,1-2H3,(H,10,12)(H,13,14)/t6-/m0/s1. The maximum atomic E-state index is 11.2. The molecule has 7 nitrogen and oxygen atoms in total. The Kier molecular flexibility index (Phi) is 3.87. The molecular formula is C9H12N2O5. The van der Waals surface area contributed by atoms with Crippen molar-refractivity contribution in [3.63, 3.8) is 0 Å². The van der Waals surface area contributed by atoms with E-state index in [0.29, 0.717) is 5.76 Å². The van der Waals surface area contributed by atoms with Crippen molar-refractivity contribution in [3.05, 3.63) is 11.8 Å². The third kappa shape index (κ3) is 3.60. The van der Waals surface area contributed by atoms with Crippen LogP contribution < -0.4 is 10.1 Å². The van der Waals surface area contributed by atoms with E-state index in [-0.39, 0.29) is 12.5 Å². The fourth-order valence-corrected chi connectivity index (χ4v) is 0.896. The quantitative estimate of drug-likeness (QED) is 0.732. The molecule has 0 saturated carbocycles. The number of nitrogens with zero attached hydrogens (tertiary/aromatic N) is 1. The zero-order valence-electron chi connectivity index (χ0n) is 8.89. The molecule has 0 aliphatic carbocycles. The van der Waals surface area contributed by atoms with E-state index >= 15 is 0 Å². The normalized spacial score (nSPS) is 11.9. The third-order valence-electron chi connectivity index (χ3n) is 1.71. The number of amides is 1. The average molecular weight is 228 g/mol.